The molecule has 2 heterocycles. The molecule has 1 aromatic carbocycles. The van der Waals surface area contributed by atoms with Gasteiger partial charge >= 0.3 is 5.97 Å². The monoisotopic (exact) mass is 371 g/mol. The van der Waals surface area contributed by atoms with Crippen LogP contribution in [0.1, 0.15) is 37.2 Å². The number of hydrogen-bond donors (Lipinski definition) is 2. The molecule has 0 bridgehead atoms. The molecule has 7 heteroatoms. The van der Waals surface area contributed by atoms with E-state index in [9.17, 15) is 9.18 Å². The summed E-state index contributed by atoms with van der Waals surface area (Å²) in [6.45, 7) is 1.39. The molecule has 6 nitrogen and oxygen atoms in total. The zero-order chi connectivity index (χ0) is 18.8. The summed E-state index contributed by atoms with van der Waals surface area (Å²) in [6, 6.07) is 7.84. The zero-order valence-electron chi connectivity index (χ0n) is 14.9. The van der Waals surface area contributed by atoms with Crippen molar-refractivity contribution in [2.45, 2.75) is 37.6 Å². The van der Waals surface area contributed by atoms with E-state index in [0.717, 1.165) is 24.0 Å². The van der Waals surface area contributed by atoms with E-state index in [4.69, 9.17) is 9.84 Å². The normalized spacial score (nSPS) is 22.9. The summed E-state index contributed by atoms with van der Waals surface area (Å²) < 4.78 is 19.6. The van der Waals surface area contributed by atoms with Crippen molar-refractivity contribution >= 4 is 11.9 Å². The lowest BCUT2D eigenvalue weighted by atomic mass is 9.86. The first-order valence-corrected chi connectivity index (χ1v) is 9.30. The van der Waals surface area contributed by atoms with Crippen molar-refractivity contribution in [3.63, 3.8) is 0 Å². The summed E-state index contributed by atoms with van der Waals surface area (Å²) >= 11 is 0. The number of hydrogen-bond acceptors (Lipinski definition) is 5. The maximum atomic E-state index is 14.4. The van der Waals surface area contributed by atoms with E-state index >= 15 is 0 Å². The maximum Gasteiger partial charge on any atom is 0.306 e. The number of halogens is 1. The Morgan fingerprint density at radius 3 is 2.67 bits per heavy atom. The fourth-order valence-corrected chi connectivity index (χ4v) is 3.67. The molecule has 0 unspecified atom stereocenters. The van der Waals surface area contributed by atoms with Crippen LogP contribution in [0.4, 0.5) is 10.3 Å². The van der Waals surface area contributed by atoms with E-state index in [0.29, 0.717) is 37.9 Å². The van der Waals surface area contributed by atoms with Crippen LogP contribution in [0.3, 0.4) is 0 Å². The molecule has 1 aliphatic carbocycles. The van der Waals surface area contributed by atoms with Crippen LogP contribution in [-0.2, 0) is 9.53 Å². The van der Waals surface area contributed by atoms with Crippen molar-refractivity contribution < 1.29 is 19.0 Å². The Bertz CT molecular complexity index is 833. The predicted octanol–water partition coefficient (Wildman–Crippen LogP) is 3.45. The Balaban J connectivity index is 1.49. The molecule has 4 rings (SSSR count). The number of aromatic nitrogens is 2. The minimum absolute atomic E-state index is 0.109. The van der Waals surface area contributed by atoms with Gasteiger partial charge in [0.1, 0.15) is 5.69 Å². The molecular weight excluding hydrogens is 349 g/mol. The summed E-state index contributed by atoms with van der Waals surface area (Å²) in [5.41, 5.74) is 2.11. The second-order valence-electron chi connectivity index (χ2n) is 7.28. The third-order valence-electron chi connectivity index (χ3n) is 5.42. The Labute approximate surface area is 156 Å². The molecule has 2 N–H and O–H groups in total. The first-order valence-electron chi connectivity index (χ1n) is 9.30. The van der Waals surface area contributed by atoms with Gasteiger partial charge in [-0.25, -0.2) is 14.4 Å². The van der Waals surface area contributed by atoms with Gasteiger partial charge in [0.25, 0.3) is 0 Å². The van der Waals surface area contributed by atoms with E-state index in [1.54, 1.807) is 0 Å². The maximum absolute atomic E-state index is 14.4. The van der Waals surface area contributed by atoms with Crippen LogP contribution in [0.15, 0.2) is 30.5 Å². The average molecular weight is 371 g/mol. The Hall–Kier alpha value is -2.54. The third-order valence-corrected chi connectivity index (χ3v) is 5.42. The van der Waals surface area contributed by atoms with Crippen molar-refractivity contribution in [3.05, 3.63) is 41.8 Å². The largest absolute Gasteiger partial charge is 0.481 e. The molecule has 1 saturated heterocycles. The minimum Gasteiger partial charge on any atom is -0.481 e. The first kappa shape index (κ1) is 17.9. The quantitative estimate of drug-likeness (QED) is 0.837. The third kappa shape index (κ3) is 3.93. The van der Waals surface area contributed by atoms with Crippen LogP contribution >= 0.6 is 0 Å². The fraction of sp³-hybridized carbons (Fsp3) is 0.450. The second kappa shape index (κ2) is 7.60. The molecule has 0 atom stereocenters. The van der Waals surface area contributed by atoms with Gasteiger partial charge in [0.05, 0.1) is 25.3 Å². The fourth-order valence-electron chi connectivity index (χ4n) is 3.67. The number of ether oxygens (including phenoxy) is 1. The number of aliphatic carboxylic acids is 1. The molecule has 0 spiro atoms. The molecule has 0 radical (unpaired) electrons. The molecule has 1 aliphatic heterocycles. The number of nitrogens with zero attached hydrogens (tertiary/aromatic N) is 2. The second-order valence-corrected chi connectivity index (χ2v) is 7.28. The number of anilines is 1. The highest BCUT2D eigenvalue weighted by atomic mass is 19.1. The number of nitrogens with one attached hydrogen (secondary N) is 1. The van der Waals surface area contributed by atoms with E-state index in [1.165, 1.54) is 6.20 Å². The highest BCUT2D eigenvalue weighted by Gasteiger charge is 2.26. The van der Waals surface area contributed by atoms with Gasteiger partial charge in [0.15, 0.2) is 5.82 Å². The number of carbonyl (C=O) groups is 1. The summed E-state index contributed by atoms with van der Waals surface area (Å²) in [6.07, 6.45) is 3.93. The molecule has 142 valence electrons. The van der Waals surface area contributed by atoms with Crippen LogP contribution in [0.2, 0.25) is 0 Å². The predicted molar refractivity (Wildman–Crippen MR) is 98.0 cm³/mol. The number of carboxylic acids is 1. The highest BCUT2D eigenvalue weighted by Crippen LogP contribution is 2.30. The summed E-state index contributed by atoms with van der Waals surface area (Å²) in [7, 11) is 0. The molecule has 27 heavy (non-hydrogen) atoms. The first-order chi connectivity index (χ1) is 13.1. The van der Waals surface area contributed by atoms with Crippen LogP contribution in [0.5, 0.6) is 0 Å². The number of carboxylic acid groups (broad SMARTS) is 1. The smallest absolute Gasteiger partial charge is 0.306 e. The van der Waals surface area contributed by atoms with E-state index in [-0.39, 0.29) is 17.7 Å². The standard InChI is InChI=1S/C20H22FN3O3/c21-17-9-22-20(23-16-6-4-12(5-7-16)19(25)26)24-18(17)14-3-1-2-13(8-14)15-10-27-11-15/h1-3,8-9,12,15-16H,4-7,10-11H2,(H,25,26)(H,22,23,24). The van der Waals surface area contributed by atoms with Crippen molar-refractivity contribution in [2.75, 3.05) is 18.5 Å². The number of rotatable bonds is 5. The van der Waals surface area contributed by atoms with Crippen LogP contribution in [-0.4, -0.2) is 40.3 Å². The Morgan fingerprint density at radius 1 is 1.22 bits per heavy atom. The molecule has 0 amide bonds. The van der Waals surface area contributed by atoms with Crippen LogP contribution in [0.25, 0.3) is 11.3 Å². The van der Waals surface area contributed by atoms with Gasteiger partial charge in [-0.3, -0.25) is 4.79 Å². The molecule has 2 fully saturated rings. The van der Waals surface area contributed by atoms with Gasteiger partial charge in [0, 0.05) is 17.5 Å². The Kier molecular flexibility index (Phi) is 5.03. The molecule has 2 aliphatic rings. The van der Waals surface area contributed by atoms with Crippen molar-refractivity contribution in [2.24, 2.45) is 5.92 Å². The lowest BCUT2D eigenvalue weighted by Crippen LogP contribution is -2.30. The molecule has 2 aromatic rings. The lowest BCUT2D eigenvalue weighted by Gasteiger charge is -2.27. The Morgan fingerprint density at radius 2 is 2.00 bits per heavy atom. The van der Waals surface area contributed by atoms with Crippen molar-refractivity contribution in [3.8, 4) is 11.3 Å². The van der Waals surface area contributed by atoms with Gasteiger partial charge in [-0.15, -0.1) is 0 Å². The van der Waals surface area contributed by atoms with Gasteiger partial charge < -0.3 is 15.2 Å². The zero-order valence-corrected chi connectivity index (χ0v) is 14.9. The molecule has 1 aromatic heterocycles. The molecule has 1 saturated carbocycles. The minimum atomic E-state index is -0.731. The summed E-state index contributed by atoms with van der Waals surface area (Å²) in [5, 5.41) is 12.3. The van der Waals surface area contributed by atoms with Crippen molar-refractivity contribution in [1.29, 1.82) is 0 Å². The molecular formula is C20H22FN3O3. The summed E-state index contributed by atoms with van der Waals surface area (Å²) in [4.78, 5) is 19.5. The van der Waals surface area contributed by atoms with Gasteiger partial charge in [-0.1, -0.05) is 18.2 Å². The topological polar surface area (TPSA) is 84.3 Å². The van der Waals surface area contributed by atoms with E-state index in [1.807, 2.05) is 24.3 Å². The average Bonchev–Trinajstić information content (AvgIpc) is 2.62. The summed E-state index contributed by atoms with van der Waals surface area (Å²) in [5.74, 6) is -0.729. The SMILES string of the molecule is O=C(O)C1CCC(Nc2ncc(F)c(-c3cccc(C4COC4)c3)n2)CC1. The van der Waals surface area contributed by atoms with E-state index in [2.05, 4.69) is 15.3 Å². The van der Waals surface area contributed by atoms with E-state index < -0.39 is 11.8 Å². The van der Waals surface area contributed by atoms with Crippen LogP contribution < -0.4 is 5.32 Å². The number of benzene rings is 1. The van der Waals surface area contributed by atoms with Crippen LogP contribution in [0, 0.1) is 11.7 Å². The van der Waals surface area contributed by atoms with Gasteiger partial charge in [-0.05, 0) is 37.3 Å². The lowest BCUT2D eigenvalue weighted by molar-refractivity contribution is -0.142. The highest BCUT2D eigenvalue weighted by molar-refractivity contribution is 5.70. The van der Waals surface area contributed by atoms with Crippen molar-refractivity contribution in [1.82, 2.24) is 9.97 Å². The van der Waals surface area contributed by atoms with Gasteiger partial charge in [0.2, 0.25) is 5.95 Å². The van der Waals surface area contributed by atoms with Gasteiger partial charge in [-0.2, -0.15) is 0 Å².